The number of nitrogens with zero attached hydrogens (tertiary/aromatic N) is 3. The lowest BCUT2D eigenvalue weighted by molar-refractivity contribution is 0.282. The van der Waals surface area contributed by atoms with Crippen molar-refractivity contribution in [2.75, 3.05) is 30.4 Å². The molecule has 0 saturated carbocycles. The van der Waals surface area contributed by atoms with Crippen molar-refractivity contribution in [1.29, 1.82) is 0 Å². The second kappa shape index (κ2) is 8.47. The van der Waals surface area contributed by atoms with Crippen LogP contribution in [0.2, 0.25) is 0 Å². The molecule has 1 rings (SSSR count). The normalized spacial score (nSPS) is 12.0. The number of ether oxygens (including phenoxy) is 1. The first-order valence-corrected chi connectivity index (χ1v) is 6.69. The van der Waals surface area contributed by atoms with E-state index in [4.69, 9.17) is 9.84 Å². The Hall–Kier alpha value is -1.63. The van der Waals surface area contributed by atoms with Crippen LogP contribution in [-0.2, 0) is 0 Å². The Kier molecular flexibility index (Phi) is 6.88. The van der Waals surface area contributed by atoms with Crippen molar-refractivity contribution in [2.24, 2.45) is 0 Å². The summed E-state index contributed by atoms with van der Waals surface area (Å²) >= 11 is 0. The zero-order chi connectivity index (χ0) is 14.1. The fourth-order valence-electron chi connectivity index (χ4n) is 1.54. The topological polar surface area (TPSA) is 92.2 Å². The number of hydrogen-bond acceptors (Lipinski definition) is 7. The maximum Gasteiger partial charge on any atom is 0.323 e. The van der Waals surface area contributed by atoms with Crippen molar-refractivity contribution in [3.63, 3.8) is 0 Å². The van der Waals surface area contributed by atoms with E-state index in [-0.39, 0.29) is 12.6 Å². The van der Waals surface area contributed by atoms with Crippen molar-refractivity contribution >= 4 is 11.9 Å². The Morgan fingerprint density at radius 1 is 1.21 bits per heavy atom. The second-order valence-electron chi connectivity index (χ2n) is 4.14. The van der Waals surface area contributed by atoms with Crippen LogP contribution in [0.3, 0.4) is 0 Å². The van der Waals surface area contributed by atoms with Gasteiger partial charge in [-0.1, -0.05) is 0 Å². The summed E-state index contributed by atoms with van der Waals surface area (Å²) in [5, 5.41) is 15.0. The van der Waals surface area contributed by atoms with Gasteiger partial charge in [0, 0.05) is 19.2 Å². The second-order valence-corrected chi connectivity index (χ2v) is 4.14. The van der Waals surface area contributed by atoms with Gasteiger partial charge in [0.15, 0.2) is 0 Å². The van der Waals surface area contributed by atoms with Crippen LogP contribution in [-0.4, -0.2) is 45.9 Å². The van der Waals surface area contributed by atoms with Crippen LogP contribution in [0.25, 0.3) is 0 Å². The predicted octanol–water partition coefficient (Wildman–Crippen LogP) is 1.27. The lowest BCUT2D eigenvalue weighted by Crippen LogP contribution is -2.19. The molecule has 1 atom stereocenters. The van der Waals surface area contributed by atoms with Gasteiger partial charge in [-0.3, -0.25) is 0 Å². The van der Waals surface area contributed by atoms with Crippen LogP contribution in [0.1, 0.15) is 33.6 Å². The molecule has 0 aliphatic carbocycles. The molecular weight excluding hydrogens is 246 g/mol. The van der Waals surface area contributed by atoms with Crippen molar-refractivity contribution in [1.82, 2.24) is 15.0 Å². The van der Waals surface area contributed by atoms with E-state index in [0.717, 1.165) is 19.4 Å². The fourth-order valence-corrected chi connectivity index (χ4v) is 1.54. The monoisotopic (exact) mass is 269 g/mol. The molecule has 19 heavy (non-hydrogen) atoms. The molecule has 1 aromatic heterocycles. The van der Waals surface area contributed by atoms with Gasteiger partial charge in [-0.15, -0.1) is 0 Å². The summed E-state index contributed by atoms with van der Waals surface area (Å²) in [6.07, 6.45) is 1.60. The molecule has 0 radical (unpaired) electrons. The van der Waals surface area contributed by atoms with Gasteiger partial charge in [0.2, 0.25) is 11.9 Å². The number of hydrogen-bond donors (Lipinski definition) is 3. The number of aromatic nitrogens is 3. The lowest BCUT2D eigenvalue weighted by atomic mass is 10.2. The summed E-state index contributed by atoms with van der Waals surface area (Å²) < 4.78 is 5.31. The molecule has 0 aliphatic heterocycles. The summed E-state index contributed by atoms with van der Waals surface area (Å²) in [5.41, 5.74) is 0. The van der Waals surface area contributed by atoms with E-state index in [1.54, 1.807) is 0 Å². The standard InChI is InChI=1S/C12H23N5O2/c1-4-13-10-15-11(14-9(3)7-6-8-18)17-12(16-10)19-5-2/h9,18H,4-8H2,1-3H3,(H2,13,14,15,16,17). The number of nitrogens with one attached hydrogen (secondary N) is 2. The fraction of sp³-hybridized carbons (Fsp3) is 0.750. The average molecular weight is 269 g/mol. The first-order chi connectivity index (χ1) is 9.19. The van der Waals surface area contributed by atoms with Crippen LogP contribution < -0.4 is 15.4 Å². The molecule has 0 bridgehead atoms. The van der Waals surface area contributed by atoms with Gasteiger partial charge in [-0.05, 0) is 33.6 Å². The Morgan fingerprint density at radius 2 is 1.95 bits per heavy atom. The SMILES string of the molecule is CCNc1nc(NC(C)CCCO)nc(OCC)n1. The Balaban J connectivity index is 2.74. The van der Waals surface area contributed by atoms with Crippen molar-refractivity contribution in [2.45, 2.75) is 39.7 Å². The maximum atomic E-state index is 8.81. The minimum absolute atomic E-state index is 0.179. The number of rotatable bonds is 9. The van der Waals surface area contributed by atoms with Crippen molar-refractivity contribution < 1.29 is 9.84 Å². The Bertz CT molecular complexity index is 351. The lowest BCUT2D eigenvalue weighted by Gasteiger charge is -2.14. The number of aliphatic hydroxyl groups excluding tert-OH is 1. The first-order valence-electron chi connectivity index (χ1n) is 6.69. The largest absolute Gasteiger partial charge is 0.464 e. The molecule has 0 saturated heterocycles. The highest BCUT2D eigenvalue weighted by molar-refractivity contribution is 5.36. The van der Waals surface area contributed by atoms with Crippen LogP contribution in [0.4, 0.5) is 11.9 Å². The Morgan fingerprint density at radius 3 is 2.58 bits per heavy atom. The molecule has 3 N–H and O–H groups in total. The summed E-state index contributed by atoms with van der Waals surface area (Å²) in [4.78, 5) is 12.6. The third kappa shape index (κ3) is 5.69. The molecule has 0 fully saturated rings. The molecule has 108 valence electrons. The molecule has 1 unspecified atom stereocenters. The maximum absolute atomic E-state index is 8.81. The van der Waals surface area contributed by atoms with Gasteiger partial charge < -0.3 is 20.5 Å². The van der Waals surface area contributed by atoms with Gasteiger partial charge >= 0.3 is 6.01 Å². The van der Waals surface area contributed by atoms with Gasteiger partial charge in [0.1, 0.15) is 0 Å². The zero-order valence-corrected chi connectivity index (χ0v) is 11.8. The van der Waals surface area contributed by atoms with E-state index in [1.807, 2.05) is 20.8 Å². The molecular formula is C12H23N5O2. The van der Waals surface area contributed by atoms with Crippen molar-refractivity contribution in [3.05, 3.63) is 0 Å². The molecule has 1 aromatic rings. The highest BCUT2D eigenvalue weighted by Crippen LogP contribution is 2.13. The van der Waals surface area contributed by atoms with Crippen LogP contribution >= 0.6 is 0 Å². The average Bonchev–Trinajstić information content (AvgIpc) is 2.37. The third-order valence-electron chi connectivity index (χ3n) is 2.39. The number of anilines is 2. The highest BCUT2D eigenvalue weighted by atomic mass is 16.5. The molecule has 7 nitrogen and oxygen atoms in total. The summed E-state index contributed by atoms with van der Waals surface area (Å²) in [7, 11) is 0. The molecule has 0 spiro atoms. The van der Waals surface area contributed by atoms with Gasteiger partial charge in [0.25, 0.3) is 0 Å². The first kappa shape index (κ1) is 15.4. The molecule has 1 heterocycles. The molecule has 0 aromatic carbocycles. The summed E-state index contributed by atoms with van der Waals surface area (Å²) in [5.74, 6) is 0.984. The molecule has 0 amide bonds. The van der Waals surface area contributed by atoms with E-state index in [0.29, 0.717) is 24.5 Å². The van der Waals surface area contributed by atoms with Crippen molar-refractivity contribution in [3.8, 4) is 6.01 Å². The minimum atomic E-state index is 0.179. The van der Waals surface area contributed by atoms with E-state index in [9.17, 15) is 0 Å². The van der Waals surface area contributed by atoms with E-state index < -0.39 is 0 Å². The zero-order valence-electron chi connectivity index (χ0n) is 11.8. The van der Waals surface area contributed by atoms with Crippen LogP contribution in [0.5, 0.6) is 6.01 Å². The van der Waals surface area contributed by atoms with Gasteiger partial charge in [-0.2, -0.15) is 15.0 Å². The smallest absolute Gasteiger partial charge is 0.323 e. The van der Waals surface area contributed by atoms with Gasteiger partial charge in [0.05, 0.1) is 6.61 Å². The van der Waals surface area contributed by atoms with Crippen LogP contribution in [0, 0.1) is 0 Å². The third-order valence-corrected chi connectivity index (χ3v) is 2.39. The predicted molar refractivity (Wildman–Crippen MR) is 74.6 cm³/mol. The van der Waals surface area contributed by atoms with E-state index in [1.165, 1.54) is 0 Å². The van der Waals surface area contributed by atoms with E-state index in [2.05, 4.69) is 25.6 Å². The quantitative estimate of drug-likeness (QED) is 0.621. The Labute approximate surface area is 113 Å². The molecule has 0 aliphatic rings. The van der Waals surface area contributed by atoms with Gasteiger partial charge in [-0.25, -0.2) is 0 Å². The van der Waals surface area contributed by atoms with Crippen LogP contribution in [0.15, 0.2) is 0 Å². The summed E-state index contributed by atoms with van der Waals surface area (Å²) in [6.45, 7) is 7.31. The highest BCUT2D eigenvalue weighted by Gasteiger charge is 2.09. The van der Waals surface area contributed by atoms with E-state index >= 15 is 0 Å². The minimum Gasteiger partial charge on any atom is -0.464 e. The molecule has 7 heteroatoms. The summed E-state index contributed by atoms with van der Waals surface area (Å²) in [6, 6.07) is 0.490. The number of aliphatic hydroxyl groups is 1.